The summed E-state index contributed by atoms with van der Waals surface area (Å²) in [5.41, 5.74) is 1.56. The maximum atomic E-state index is 12.8. The molecule has 0 saturated carbocycles. The Morgan fingerprint density at radius 3 is 1.97 bits per heavy atom. The fourth-order valence-corrected chi connectivity index (χ4v) is 5.13. The van der Waals surface area contributed by atoms with Gasteiger partial charge in [0.05, 0.1) is 17.4 Å². The second kappa shape index (κ2) is 11.7. The van der Waals surface area contributed by atoms with E-state index in [2.05, 4.69) is 58.7 Å². The van der Waals surface area contributed by atoms with Crippen LogP contribution in [0.5, 0.6) is 0 Å². The molecule has 4 aromatic rings. The SMILES string of the molecule is CCCN(CCNS(=O)(=O)C(F)(F)F)c1cnnc2ccc(C(c3ccc(C)cc3)c3ccc(C)cc3)cc12. The van der Waals surface area contributed by atoms with E-state index in [1.54, 1.807) is 10.9 Å². The molecule has 6 nitrogen and oxygen atoms in total. The van der Waals surface area contributed by atoms with E-state index in [1.165, 1.54) is 0 Å². The molecule has 0 spiro atoms. The normalized spacial score (nSPS) is 12.3. The topological polar surface area (TPSA) is 75.2 Å². The quantitative estimate of drug-likeness (QED) is 0.240. The zero-order valence-corrected chi connectivity index (χ0v) is 22.9. The standard InChI is InChI=1S/C29H31F3N4O2S/c1-4-16-36(17-15-34-39(37,38)29(30,31)32)27-19-33-35-26-14-13-24(18-25(26)27)28(22-9-5-20(2)6-10-22)23-11-7-21(3)8-12-23/h5-14,18-19,28,34H,4,15-17H2,1-3H3. The fourth-order valence-electron chi connectivity index (χ4n) is 4.61. The first-order valence-electron chi connectivity index (χ1n) is 12.7. The number of benzene rings is 3. The third-order valence-electron chi connectivity index (χ3n) is 6.61. The summed E-state index contributed by atoms with van der Waals surface area (Å²) in [4.78, 5) is 1.84. The lowest BCUT2D eigenvalue weighted by molar-refractivity contribution is -0.0447. The molecular formula is C29H31F3N4O2S. The molecule has 39 heavy (non-hydrogen) atoms. The smallest absolute Gasteiger partial charge is 0.368 e. The third kappa shape index (κ3) is 6.57. The first-order valence-corrected chi connectivity index (χ1v) is 14.2. The second-order valence-electron chi connectivity index (χ2n) is 9.59. The zero-order valence-electron chi connectivity index (χ0n) is 22.0. The van der Waals surface area contributed by atoms with Crippen LogP contribution in [-0.4, -0.2) is 43.8 Å². The highest BCUT2D eigenvalue weighted by atomic mass is 32.2. The number of aromatic nitrogens is 2. The van der Waals surface area contributed by atoms with Gasteiger partial charge in [-0.25, -0.2) is 13.1 Å². The van der Waals surface area contributed by atoms with Crippen molar-refractivity contribution in [3.8, 4) is 0 Å². The van der Waals surface area contributed by atoms with Crippen LogP contribution in [0.15, 0.2) is 72.9 Å². The number of nitrogens with one attached hydrogen (secondary N) is 1. The Balaban J connectivity index is 1.75. The number of nitrogens with zero attached hydrogens (tertiary/aromatic N) is 3. The van der Waals surface area contributed by atoms with Crippen molar-refractivity contribution in [2.24, 2.45) is 0 Å². The number of rotatable bonds is 10. The number of alkyl halides is 3. The summed E-state index contributed by atoms with van der Waals surface area (Å²) in [6.07, 6.45) is 2.28. The van der Waals surface area contributed by atoms with Gasteiger partial charge < -0.3 is 4.90 Å². The molecule has 1 aromatic heterocycles. The Labute approximate surface area is 226 Å². The molecule has 4 rings (SSSR count). The first-order chi connectivity index (χ1) is 18.5. The van der Waals surface area contributed by atoms with Gasteiger partial charge in [0, 0.05) is 30.9 Å². The summed E-state index contributed by atoms with van der Waals surface area (Å²) in [5.74, 6) is -0.0603. The Hall–Kier alpha value is -3.50. The number of halogens is 3. The van der Waals surface area contributed by atoms with E-state index >= 15 is 0 Å². The van der Waals surface area contributed by atoms with E-state index in [9.17, 15) is 21.6 Å². The van der Waals surface area contributed by atoms with Gasteiger partial charge in [0.25, 0.3) is 0 Å². The zero-order chi connectivity index (χ0) is 28.2. The first kappa shape index (κ1) is 28.5. The van der Waals surface area contributed by atoms with E-state index in [1.807, 2.05) is 43.9 Å². The van der Waals surface area contributed by atoms with Crippen molar-refractivity contribution in [1.82, 2.24) is 14.9 Å². The van der Waals surface area contributed by atoms with Crippen molar-refractivity contribution in [2.45, 2.75) is 38.6 Å². The monoisotopic (exact) mass is 556 g/mol. The van der Waals surface area contributed by atoms with Gasteiger partial charge in [-0.05, 0) is 49.1 Å². The maximum absolute atomic E-state index is 12.8. The summed E-state index contributed by atoms with van der Waals surface area (Å²) in [6, 6.07) is 22.8. The molecule has 10 heteroatoms. The van der Waals surface area contributed by atoms with Crippen LogP contribution in [0.25, 0.3) is 10.9 Å². The Bertz CT molecular complexity index is 1480. The van der Waals surface area contributed by atoms with Gasteiger partial charge in [0.2, 0.25) is 0 Å². The van der Waals surface area contributed by atoms with Gasteiger partial charge in [-0.1, -0.05) is 72.6 Å². The van der Waals surface area contributed by atoms with Gasteiger partial charge in [-0.2, -0.15) is 23.4 Å². The van der Waals surface area contributed by atoms with Crippen molar-refractivity contribution >= 4 is 26.6 Å². The minimum atomic E-state index is -5.42. The molecule has 3 aromatic carbocycles. The molecule has 1 heterocycles. The molecule has 0 amide bonds. The lowest BCUT2D eigenvalue weighted by atomic mass is 9.84. The molecule has 1 N–H and O–H groups in total. The molecule has 0 radical (unpaired) electrons. The number of fused-ring (bicyclic) bond motifs is 1. The maximum Gasteiger partial charge on any atom is 0.511 e. The highest BCUT2D eigenvalue weighted by Gasteiger charge is 2.45. The lowest BCUT2D eigenvalue weighted by Gasteiger charge is -2.26. The van der Waals surface area contributed by atoms with Gasteiger partial charge in [0.1, 0.15) is 0 Å². The second-order valence-corrected chi connectivity index (χ2v) is 11.3. The number of sulfonamides is 1. The highest BCUT2D eigenvalue weighted by Crippen LogP contribution is 2.35. The van der Waals surface area contributed by atoms with E-state index < -0.39 is 22.1 Å². The van der Waals surface area contributed by atoms with Crippen LogP contribution in [0.2, 0.25) is 0 Å². The van der Waals surface area contributed by atoms with Crippen LogP contribution < -0.4 is 9.62 Å². The molecular weight excluding hydrogens is 525 g/mol. The number of anilines is 1. The minimum absolute atomic E-state index is 0.0352. The van der Waals surface area contributed by atoms with Crippen molar-refractivity contribution in [3.63, 3.8) is 0 Å². The number of hydrogen-bond acceptors (Lipinski definition) is 5. The predicted molar refractivity (Wildman–Crippen MR) is 148 cm³/mol. The van der Waals surface area contributed by atoms with E-state index in [-0.39, 0.29) is 12.5 Å². The lowest BCUT2D eigenvalue weighted by Crippen LogP contribution is -2.41. The number of aryl methyl sites for hydroxylation is 2. The molecule has 0 aliphatic rings. The van der Waals surface area contributed by atoms with Gasteiger partial charge in [-0.15, -0.1) is 0 Å². The van der Waals surface area contributed by atoms with Crippen LogP contribution in [0, 0.1) is 13.8 Å². The van der Waals surface area contributed by atoms with Crippen molar-refractivity contribution in [1.29, 1.82) is 0 Å². The molecule has 0 fully saturated rings. The van der Waals surface area contributed by atoms with Crippen LogP contribution >= 0.6 is 0 Å². The van der Waals surface area contributed by atoms with Gasteiger partial charge in [-0.3, -0.25) is 0 Å². The van der Waals surface area contributed by atoms with Crippen LogP contribution in [0.3, 0.4) is 0 Å². The molecule has 206 valence electrons. The van der Waals surface area contributed by atoms with Crippen LogP contribution in [-0.2, 0) is 10.0 Å². The molecule has 0 saturated heterocycles. The Morgan fingerprint density at radius 1 is 0.872 bits per heavy atom. The van der Waals surface area contributed by atoms with E-state index in [0.717, 1.165) is 33.2 Å². The Kier molecular flexibility index (Phi) is 8.56. The molecule has 0 atom stereocenters. The average Bonchev–Trinajstić information content (AvgIpc) is 2.89. The summed E-state index contributed by atoms with van der Waals surface area (Å²) < 4.78 is 63.0. The largest absolute Gasteiger partial charge is 0.511 e. The Morgan fingerprint density at radius 2 is 1.44 bits per heavy atom. The summed E-state index contributed by atoms with van der Waals surface area (Å²) in [7, 11) is -5.42. The summed E-state index contributed by atoms with van der Waals surface area (Å²) in [6.45, 7) is 6.16. The van der Waals surface area contributed by atoms with E-state index in [4.69, 9.17) is 0 Å². The average molecular weight is 557 g/mol. The van der Waals surface area contributed by atoms with Crippen LogP contribution in [0.1, 0.15) is 47.1 Å². The van der Waals surface area contributed by atoms with Crippen molar-refractivity contribution < 1.29 is 21.6 Å². The van der Waals surface area contributed by atoms with Crippen molar-refractivity contribution in [2.75, 3.05) is 24.5 Å². The van der Waals surface area contributed by atoms with Crippen LogP contribution in [0.4, 0.5) is 18.9 Å². The van der Waals surface area contributed by atoms with Gasteiger partial charge in [0.15, 0.2) is 0 Å². The summed E-state index contributed by atoms with van der Waals surface area (Å²) >= 11 is 0. The molecule has 0 aliphatic heterocycles. The fraction of sp³-hybridized carbons (Fsp3) is 0.310. The van der Waals surface area contributed by atoms with E-state index in [0.29, 0.717) is 24.2 Å². The molecule has 0 bridgehead atoms. The summed E-state index contributed by atoms with van der Waals surface area (Å²) in [5, 5.41) is 9.17. The molecule has 0 unspecified atom stereocenters. The molecule has 0 aliphatic carbocycles. The third-order valence-corrected chi connectivity index (χ3v) is 7.80. The minimum Gasteiger partial charge on any atom is -0.368 e. The number of hydrogen-bond donors (Lipinski definition) is 1. The highest BCUT2D eigenvalue weighted by molar-refractivity contribution is 7.90. The van der Waals surface area contributed by atoms with Crippen molar-refractivity contribution in [3.05, 3.63) is 101 Å². The van der Waals surface area contributed by atoms with Gasteiger partial charge >= 0.3 is 15.5 Å². The predicted octanol–water partition coefficient (Wildman–Crippen LogP) is 6.08.